The third-order valence-corrected chi connectivity index (χ3v) is 5.92. The Morgan fingerprint density at radius 3 is 2.81 bits per heavy atom. The number of carbonyl (C=O) groups is 1. The molecular formula is C20H35N5O2. The van der Waals surface area contributed by atoms with Crippen molar-refractivity contribution >= 4 is 5.91 Å². The maximum absolute atomic E-state index is 12.4. The van der Waals surface area contributed by atoms with Crippen molar-refractivity contribution in [1.82, 2.24) is 24.9 Å². The molecule has 2 saturated heterocycles. The predicted octanol–water partition coefficient (Wildman–Crippen LogP) is 1.34. The number of methoxy groups -OCH3 is 1. The van der Waals surface area contributed by atoms with E-state index in [1.54, 1.807) is 7.11 Å². The van der Waals surface area contributed by atoms with Crippen LogP contribution in [0.15, 0.2) is 12.4 Å². The number of hydrogen-bond acceptors (Lipinski definition) is 5. The molecule has 1 atom stereocenters. The van der Waals surface area contributed by atoms with Gasteiger partial charge in [0.1, 0.15) is 0 Å². The van der Waals surface area contributed by atoms with E-state index < -0.39 is 0 Å². The topological polar surface area (TPSA) is 62.6 Å². The maximum atomic E-state index is 12.4. The zero-order chi connectivity index (χ0) is 19.1. The van der Waals surface area contributed by atoms with Crippen LogP contribution in [-0.4, -0.2) is 78.0 Å². The number of rotatable bonds is 8. The van der Waals surface area contributed by atoms with Crippen molar-refractivity contribution in [3.05, 3.63) is 18.0 Å². The Hall–Kier alpha value is -1.44. The Morgan fingerprint density at radius 1 is 1.30 bits per heavy atom. The van der Waals surface area contributed by atoms with Crippen LogP contribution in [-0.2, 0) is 22.6 Å². The maximum Gasteiger partial charge on any atom is 0.224 e. The van der Waals surface area contributed by atoms with Crippen LogP contribution in [0.25, 0.3) is 0 Å². The van der Waals surface area contributed by atoms with Gasteiger partial charge in [-0.2, -0.15) is 5.10 Å². The van der Waals surface area contributed by atoms with E-state index in [1.165, 1.54) is 18.4 Å². The van der Waals surface area contributed by atoms with Gasteiger partial charge < -0.3 is 10.1 Å². The van der Waals surface area contributed by atoms with Gasteiger partial charge in [0.25, 0.3) is 0 Å². The molecule has 0 saturated carbocycles. The van der Waals surface area contributed by atoms with Gasteiger partial charge in [0, 0.05) is 51.1 Å². The molecule has 27 heavy (non-hydrogen) atoms. The molecule has 3 rings (SSSR count). The van der Waals surface area contributed by atoms with Gasteiger partial charge in [-0.05, 0) is 52.2 Å². The molecule has 7 heteroatoms. The number of aromatic nitrogens is 2. The molecule has 0 spiro atoms. The zero-order valence-corrected chi connectivity index (χ0v) is 16.9. The number of amides is 1. The van der Waals surface area contributed by atoms with Gasteiger partial charge in [-0.25, -0.2) is 0 Å². The number of ether oxygens (including phenoxy) is 1. The van der Waals surface area contributed by atoms with Gasteiger partial charge in [0.15, 0.2) is 0 Å². The van der Waals surface area contributed by atoms with E-state index in [1.807, 2.05) is 10.9 Å². The Labute approximate surface area is 163 Å². The van der Waals surface area contributed by atoms with Crippen LogP contribution in [0.5, 0.6) is 0 Å². The smallest absolute Gasteiger partial charge is 0.224 e. The minimum atomic E-state index is 0.133. The van der Waals surface area contributed by atoms with Crippen molar-refractivity contribution in [2.24, 2.45) is 5.92 Å². The lowest BCUT2D eigenvalue weighted by molar-refractivity contribution is -0.127. The van der Waals surface area contributed by atoms with Crippen LogP contribution >= 0.6 is 0 Å². The van der Waals surface area contributed by atoms with E-state index in [4.69, 9.17) is 4.74 Å². The summed E-state index contributed by atoms with van der Waals surface area (Å²) in [7, 11) is 1.66. The number of hydrogen-bond donors (Lipinski definition) is 1. The fourth-order valence-corrected chi connectivity index (χ4v) is 4.33. The first-order valence-corrected chi connectivity index (χ1v) is 10.4. The van der Waals surface area contributed by atoms with Crippen LogP contribution in [0.2, 0.25) is 0 Å². The van der Waals surface area contributed by atoms with Crippen molar-refractivity contribution < 1.29 is 9.53 Å². The van der Waals surface area contributed by atoms with Crippen LogP contribution in [0.1, 0.15) is 38.2 Å². The van der Waals surface area contributed by atoms with Gasteiger partial charge in [-0.1, -0.05) is 0 Å². The third-order valence-electron chi connectivity index (χ3n) is 5.92. The summed E-state index contributed by atoms with van der Waals surface area (Å²) >= 11 is 0. The molecule has 0 unspecified atom stereocenters. The molecule has 0 bridgehead atoms. The Bertz CT molecular complexity index is 583. The lowest BCUT2D eigenvalue weighted by Crippen LogP contribution is -2.50. The molecule has 0 aliphatic carbocycles. The summed E-state index contributed by atoms with van der Waals surface area (Å²) in [6.45, 7) is 9.53. The molecule has 2 aliphatic rings. The summed E-state index contributed by atoms with van der Waals surface area (Å²) in [6.07, 6.45) is 8.67. The van der Waals surface area contributed by atoms with Gasteiger partial charge >= 0.3 is 0 Å². The van der Waals surface area contributed by atoms with E-state index in [-0.39, 0.29) is 11.8 Å². The van der Waals surface area contributed by atoms with Crippen LogP contribution in [0, 0.1) is 5.92 Å². The highest BCUT2D eigenvalue weighted by Gasteiger charge is 2.31. The second-order valence-corrected chi connectivity index (χ2v) is 7.83. The molecule has 3 heterocycles. The lowest BCUT2D eigenvalue weighted by atomic mass is 9.93. The fourth-order valence-electron chi connectivity index (χ4n) is 4.33. The zero-order valence-electron chi connectivity index (χ0n) is 16.9. The first kappa shape index (κ1) is 20.3. The monoisotopic (exact) mass is 377 g/mol. The Kier molecular flexibility index (Phi) is 7.67. The van der Waals surface area contributed by atoms with Gasteiger partial charge in [0.2, 0.25) is 5.91 Å². The summed E-state index contributed by atoms with van der Waals surface area (Å²) in [5, 5.41) is 7.39. The van der Waals surface area contributed by atoms with Crippen LogP contribution in [0.3, 0.4) is 0 Å². The van der Waals surface area contributed by atoms with Gasteiger partial charge in [-0.15, -0.1) is 0 Å². The molecule has 1 N–H and O–H groups in total. The fraction of sp³-hybridized carbons (Fsp3) is 0.800. The minimum absolute atomic E-state index is 0.133. The molecule has 1 aromatic heterocycles. The highest BCUT2D eigenvalue weighted by atomic mass is 16.5. The second-order valence-electron chi connectivity index (χ2n) is 7.83. The lowest BCUT2D eigenvalue weighted by Gasteiger charge is -2.42. The van der Waals surface area contributed by atoms with E-state index in [2.05, 4.69) is 33.3 Å². The van der Waals surface area contributed by atoms with Gasteiger partial charge in [0.05, 0.1) is 18.7 Å². The quantitative estimate of drug-likeness (QED) is 0.693. The first-order valence-electron chi connectivity index (χ1n) is 10.4. The summed E-state index contributed by atoms with van der Waals surface area (Å²) in [5.74, 6) is 0.329. The molecule has 0 aromatic carbocycles. The van der Waals surface area contributed by atoms with E-state index in [9.17, 15) is 4.79 Å². The number of nitrogens with zero attached hydrogens (tertiary/aromatic N) is 4. The molecule has 2 fully saturated rings. The van der Waals surface area contributed by atoms with Crippen molar-refractivity contribution in [2.75, 3.05) is 46.4 Å². The normalized spacial score (nSPS) is 22.8. The van der Waals surface area contributed by atoms with Crippen LogP contribution in [0.4, 0.5) is 0 Å². The highest BCUT2D eigenvalue weighted by molar-refractivity contribution is 5.78. The van der Waals surface area contributed by atoms with Crippen molar-refractivity contribution in [3.63, 3.8) is 0 Å². The highest BCUT2D eigenvalue weighted by Crippen LogP contribution is 2.24. The average molecular weight is 378 g/mol. The van der Waals surface area contributed by atoms with Gasteiger partial charge in [-0.3, -0.25) is 19.3 Å². The summed E-state index contributed by atoms with van der Waals surface area (Å²) < 4.78 is 7.01. The summed E-state index contributed by atoms with van der Waals surface area (Å²) in [4.78, 5) is 17.5. The molecule has 152 valence electrons. The number of piperidine rings is 2. The standard InChI is InChI=1S/C20H35N5O2/c1-3-25-15-17(13-22-25)14-23-10-6-19(7-11-23)24-9-4-5-18(16-24)20(26)21-8-12-27-2/h13,15,18-19H,3-12,14,16H2,1-2H3,(H,21,26)/t18-/m1/s1. The van der Waals surface area contributed by atoms with E-state index >= 15 is 0 Å². The Morgan fingerprint density at radius 2 is 2.11 bits per heavy atom. The molecule has 2 aliphatic heterocycles. The largest absolute Gasteiger partial charge is 0.383 e. The molecule has 7 nitrogen and oxygen atoms in total. The van der Waals surface area contributed by atoms with Crippen molar-refractivity contribution in [1.29, 1.82) is 0 Å². The number of carbonyl (C=O) groups excluding carboxylic acids is 1. The SMILES string of the molecule is CCn1cc(CN2CCC(N3CCC[C@@H](C(=O)NCCOC)C3)CC2)cn1. The molecule has 1 aromatic rings. The van der Waals surface area contributed by atoms with E-state index in [0.717, 1.165) is 52.1 Å². The summed E-state index contributed by atoms with van der Waals surface area (Å²) in [6, 6.07) is 0.620. The number of likely N-dealkylation sites (tertiary alicyclic amines) is 2. The summed E-state index contributed by atoms with van der Waals surface area (Å²) in [5.41, 5.74) is 1.31. The third kappa shape index (κ3) is 5.77. The first-order chi connectivity index (χ1) is 13.2. The number of aryl methyl sites for hydroxylation is 1. The minimum Gasteiger partial charge on any atom is -0.383 e. The second kappa shape index (κ2) is 10.2. The average Bonchev–Trinajstić information content (AvgIpc) is 3.16. The predicted molar refractivity (Wildman–Crippen MR) is 105 cm³/mol. The van der Waals surface area contributed by atoms with Crippen LogP contribution < -0.4 is 5.32 Å². The molecule has 1 amide bonds. The van der Waals surface area contributed by atoms with E-state index in [0.29, 0.717) is 19.2 Å². The van der Waals surface area contributed by atoms with Crippen molar-refractivity contribution in [3.8, 4) is 0 Å². The van der Waals surface area contributed by atoms with Crippen molar-refractivity contribution in [2.45, 2.75) is 51.7 Å². The molecule has 0 radical (unpaired) electrons. The Balaban J connectivity index is 1.42. The number of nitrogens with one attached hydrogen (secondary N) is 1. The molecular weight excluding hydrogens is 342 g/mol.